The summed E-state index contributed by atoms with van der Waals surface area (Å²) in [4.78, 5) is 12.4. The highest BCUT2D eigenvalue weighted by Gasteiger charge is 2.43. The van der Waals surface area contributed by atoms with Crippen molar-refractivity contribution in [2.24, 2.45) is 5.92 Å². The van der Waals surface area contributed by atoms with E-state index in [4.69, 9.17) is 0 Å². The Kier molecular flexibility index (Phi) is 4.32. The summed E-state index contributed by atoms with van der Waals surface area (Å²) in [6.45, 7) is 1.67. The third-order valence-electron chi connectivity index (χ3n) is 5.08. The summed E-state index contributed by atoms with van der Waals surface area (Å²) in [5.74, 6) is 0.410. The highest BCUT2D eigenvalue weighted by atomic mass is 32.2. The van der Waals surface area contributed by atoms with Gasteiger partial charge in [0.15, 0.2) is 0 Å². The first-order chi connectivity index (χ1) is 12.4. The molecule has 138 valence electrons. The van der Waals surface area contributed by atoms with Crippen LogP contribution in [0.5, 0.6) is 0 Å². The predicted molar refractivity (Wildman–Crippen MR) is 96.6 cm³/mol. The third kappa shape index (κ3) is 3.52. The fraction of sp³-hybridized carbons (Fsp3) is 0.444. The SMILES string of the molecule is CS(=O)(=O)N1CCn2nc(CNC(=O)[C@@H]3C[C@H]3c3ccccc3)cc2C1. The number of hydrogen-bond acceptors (Lipinski definition) is 4. The molecule has 0 unspecified atom stereocenters. The lowest BCUT2D eigenvalue weighted by Gasteiger charge is -2.25. The fourth-order valence-corrected chi connectivity index (χ4v) is 4.31. The average Bonchev–Trinajstić information content (AvgIpc) is 3.31. The molecular formula is C18H22N4O3S. The van der Waals surface area contributed by atoms with Gasteiger partial charge in [-0.05, 0) is 24.0 Å². The Balaban J connectivity index is 1.34. The molecule has 2 aromatic rings. The van der Waals surface area contributed by atoms with Crippen molar-refractivity contribution in [2.75, 3.05) is 12.8 Å². The summed E-state index contributed by atoms with van der Waals surface area (Å²) in [5.41, 5.74) is 2.84. The minimum atomic E-state index is -3.20. The van der Waals surface area contributed by atoms with Gasteiger partial charge in [-0.3, -0.25) is 9.48 Å². The molecule has 26 heavy (non-hydrogen) atoms. The number of sulfonamides is 1. The van der Waals surface area contributed by atoms with Crippen LogP contribution in [0.25, 0.3) is 0 Å². The van der Waals surface area contributed by atoms with Crippen molar-refractivity contribution < 1.29 is 13.2 Å². The Morgan fingerprint density at radius 1 is 1.27 bits per heavy atom. The zero-order chi connectivity index (χ0) is 18.3. The first-order valence-corrected chi connectivity index (χ1v) is 10.6. The molecule has 2 aliphatic rings. The number of carbonyl (C=O) groups excluding carboxylic acids is 1. The number of hydrogen-bond donors (Lipinski definition) is 1. The van der Waals surface area contributed by atoms with Gasteiger partial charge >= 0.3 is 0 Å². The summed E-state index contributed by atoms with van der Waals surface area (Å²) in [6.07, 6.45) is 2.11. The van der Waals surface area contributed by atoms with E-state index in [1.165, 1.54) is 16.1 Å². The van der Waals surface area contributed by atoms with Crippen LogP contribution in [0.15, 0.2) is 36.4 Å². The molecule has 1 aliphatic heterocycles. The van der Waals surface area contributed by atoms with Crippen molar-refractivity contribution in [3.63, 3.8) is 0 Å². The monoisotopic (exact) mass is 374 g/mol. The van der Waals surface area contributed by atoms with Crippen LogP contribution >= 0.6 is 0 Å². The molecule has 1 aromatic heterocycles. The van der Waals surface area contributed by atoms with Crippen molar-refractivity contribution in [2.45, 2.75) is 32.0 Å². The van der Waals surface area contributed by atoms with Gasteiger partial charge in [0, 0.05) is 12.5 Å². The van der Waals surface area contributed by atoms with Gasteiger partial charge in [-0.1, -0.05) is 30.3 Å². The molecule has 0 radical (unpaired) electrons. The summed E-state index contributed by atoms with van der Waals surface area (Å²) in [6, 6.07) is 12.0. The Morgan fingerprint density at radius 2 is 2.04 bits per heavy atom. The molecular weight excluding hydrogens is 352 g/mol. The molecule has 1 saturated carbocycles. The molecule has 4 rings (SSSR count). The molecule has 1 amide bonds. The Hall–Kier alpha value is -2.19. The molecule has 2 heterocycles. The number of nitrogens with zero attached hydrogens (tertiary/aromatic N) is 3. The Morgan fingerprint density at radius 3 is 2.77 bits per heavy atom. The molecule has 1 aliphatic carbocycles. The predicted octanol–water partition coefficient (Wildman–Crippen LogP) is 1.08. The second kappa shape index (κ2) is 6.51. The van der Waals surface area contributed by atoms with E-state index in [1.54, 1.807) is 0 Å². The van der Waals surface area contributed by atoms with Crippen molar-refractivity contribution in [1.82, 2.24) is 19.4 Å². The van der Waals surface area contributed by atoms with Crippen LogP contribution in [0.3, 0.4) is 0 Å². The van der Waals surface area contributed by atoms with Crippen LogP contribution in [0, 0.1) is 5.92 Å². The van der Waals surface area contributed by atoms with Crippen LogP contribution < -0.4 is 5.32 Å². The van der Waals surface area contributed by atoms with E-state index >= 15 is 0 Å². The third-order valence-corrected chi connectivity index (χ3v) is 6.33. The minimum Gasteiger partial charge on any atom is -0.350 e. The van der Waals surface area contributed by atoms with Crippen molar-refractivity contribution >= 4 is 15.9 Å². The molecule has 2 atom stereocenters. The van der Waals surface area contributed by atoms with E-state index in [1.807, 2.05) is 28.9 Å². The lowest BCUT2D eigenvalue weighted by atomic mass is 10.1. The molecule has 0 bridgehead atoms. The van der Waals surface area contributed by atoms with Crippen molar-refractivity contribution in [3.8, 4) is 0 Å². The number of rotatable bonds is 5. The number of aromatic nitrogens is 2. The molecule has 8 heteroatoms. The van der Waals surface area contributed by atoms with Crippen LogP contribution in [-0.2, 0) is 34.5 Å². The van der Waals surface area contributed by atoms with Gasteiger partial charge in [0.1, 0.15) is 0 Å². The van der Waals surface area contributed by atoms with Gasteiger partial charge in [-0.2, -0.15) is 9.40 Å². The minimum absolute atomic E-state index is 0.0374. The summed E-state index contributed by atoms with van der Waals surface area (Å²) in [7, 11) is -3.20. The number of carbonyl (C=O) groups is 1. The van der Waals surface area contributed by atoms with Gasteiger partial charge in [-0.25, -0.2) is 8.42 Å². The van der Waals surface area contributed by atoms with Crippen LogP contribution in [0.2, 0.25) is 0 Å². The maximum atomic E-state index is 12.4. The number of fused-ring (bicyclic) bond motifs is 1. The van der Waals surface area contributed by atoms with E-state index in [0.29, 0.717) is 32.1 Å². The zero-order valence-corrected chi connectivity index (χ0v) is 15.4. The maximum Gasteiger partial charge on any atom is 0.224 e. The first-order valence-electron chi connectivity index (χ1n) is 8.75. The zero-order valence-electron chi connectivity index (χ0n) is 14.6. The number of benzene rings is 1. The van der Waals surface area contributed by atoms with Crippen LogP contribution in [0.1, 0.15) is 29.3 Å². The van der Waals surface area contributed by atoms with E-state index in [2.05, 4.69) is 22.5 Å². The number of amides is 1. The molecule has 7 nitrogen and oxygen atoms in total. The second-order valence-electron chi connectivity index (χ2n) is 7.02. The topological polar surface area (TPSA) is 84.3 Å². The van der Waals surface area contributed by atoms with Gasteiger partial charge < -0.3 is 5.32 Å². The molecule has 1 fully saturated rings. The summed E-state index contributed by atoms with van der Waals surface area (Å²) >= 11 is 0. The van der Waals surface area contributed by atoms with Crippen LogP contribution in [-0.4, -0.2) is 41.2 Å². The fourth-order valence-electron chi connectivity index (χ4n) is 3.53. The molecule has 1 aromatic carbocycles. The smallest absolute Gasteiger partial charge is 0.224 e. The second-order valence-corrected chi connectivity index (χ2v) is 9.01. The highest BCUT2D eigenvalue weighted by Crippen LogP contribution is 2.47. The van der Waals surface area contributed by atoms with Crippen molar-refractivity contribution in [1.29, 1.82) is 0 Å². The first kappa shape index (κ1) is 17.2. The van der Waals surface area contributed by atoms with E-state index in [0.717, 1.165) is 17.8 Å². The maximum absolute atomic E-state index is 12.4. The van der Waals surface area contributed by atoms with Gasteiger partial charge in [0.25, 0.3) is 0 Å². The van der Waals surface area contributed by atoms with E-state index in [-0.39, 0.29) is 11.8 Å². The highest BCUT2D eigenvalue weighted by molar-refractivity contribution is 7.88. The molecule has 1 N–H and O–H groups in total. The van der Waals surface area contributed by atoms with Crippen LogP contribution in [0.4, 0.5) is 0 Å². The normalized spacial score (nSPS) is 22.7. The summed E-state index contributed by atoms with van der Waals surface area (Å²) < 4.78 is 26.6. The Bertz CT molecular complexity index is 923. The van der Waals surface area contributed by atoms with Gasteiger partial charge in [0.05, 0.1) is 37.3 Å². The summed E-state index contributed by atoms with van der Waals surface area (Å²) in [5, 5.41) is 7.44. The van der Waals surface area contributed by atoms with Crippen molar-refractivity contribution in [3.05, 3.63) is 53.3 Å². The van der Waals surface area contributed by atoms with E-state index < -0.39 is 10.0 Å². The molecule has 0 spiro atoms. The Labute approximate surface area is 153 Å². The lowest BCUT2D eigenvalue weighted by Crippen LogP contribution is -2.37. The largest absolute Gasteiger partial charge is 0.350 e. The van der Waals surface area contributed by atoms with Gasteiger partial charge in [0.2, 0.25) is 15.9 Å². The number of nitrogens with one attached hydrogen (secondary N) is 1. The van der Waals surface area contributed by atoms with E-state index in [9.17, 15) is 13.2 Å². The average molecular weight is 374 g/mol. The lowest BCUT2D eigenvalue weighted by molar-refractivity contribution is -0.122. The standard InChI is InChI=1S/C18H22N4O3S/c1-26(24,25)21-7-8-22-15(12-21)9-14(20-22)11-19-18(23)17-10-16(17)13-5-3-2-4-6-13/h2-6,9,16-17H,7-8,10-12H2,1H3,(H,19,23)/t16-,17+/m0/s1. The molecule has 0 saturated heterocycles. The van der Waals surface area contributed by atoms with Gasteiger partial charge in [-0.15, -0.1) is 0 Å². The quantitative estimate of drug-likeness (QED) is 0.849.